The molecular weight excluding hydrogens is 448 g/mol. The highest BCUT2D eigenvalue weighted by molar-refractivity contribution is 9.16. The minimum absolute atomic E-state index is 0.0270. The van der Waals surface area contributed by atoms with E-state index in [1.54, 1.807) is 0 Å². The van der Waals surface area contributed by atoms with E-state index in [0.717, 1.165) is 6.26 Å². The van der Waals surface area contributed by atoms with Crippen LogP contribution in [0.3, 0.4) is 0 Å². The molecule has 0 saturated carbocycles. The molecule has 1 aromatic heterocycles. The first kappa shape index (κ1) is 16.5. The first-order chi connectivity index (χ1) is 11.3. The highest BCUT2D eigenvalue weighted by Crippen LogP contribution is 2.39. The van der Waals surface area contributed by atoms with Gasteiger partial charge in [0.2, 0.25) is 11.6 Å². The van der Waals surface area contributed by atoms with Gasteiger partial charge in [0.25, 0.3) is 0 Å². The van der Waals surface area contributed by atoms with Crippen LogP contribution in [0.4, 0.5) is 0 Å². The number of Topliss-reactive ketones (excluding diaryl/α,β-unsaturated/α-hetero) is 2. The fourth-order valence-electron chi connectivity index (χ4n) is 2.24. The van der Waals surface area contributed by atoms with E-state index in [-0.39, 0.29) is 37.0 Å². The Hall–Kier alpha value is -2.32. The molecule has 0 amide bonds. The van der Waals surface area contributed by atoms with Crippen LogP contribution in [0.25, 0.3) is 4.48 Å². The molecule has 120 valence electrons. The largest absolute Gasteiger partial charge is 0.478 e. The van der Waals surface area contributed by atoms with E-state index in [0.29, 0.717) is 0 Å². The molecule has 2 aromatic rings. The van der Waals surface area contributed by atoms with Crippen LogP contribution in [0.1, 0.15) is 42.4 Å². The van der Waals surface area contributed by atoms with Gasteiger partial charge < -0.3 is 9.52 Å². The lowest BCUT2D eigenvalue weighted by atomic mass is 9.93. The quantitative estimate of drug-likeness (QED) is 0.564. The summed E-state index contributed by atoms with van der Waals surface area (Å²) in [7, 11) is 0. The zero-order chi connectivity index (χ0) is 17.6. The Morgan fingerprint density at radius 2 is 1.50 bits per heavy atom. The van der Waals surface area contributed by atoms with Crippen LogP contribution in [0.2, 0.25) is 0 Å². The van der Waals surface area contributed by atoms with Crippen molar-refractivity contribution in [1.82, 2.24) is 0 Å². The highest BCUT2D eigenvalue weighted by Gasteiger charge is 2.37. The lowest BCUT2D eigenvalue weighted by molar-refractivity contribution is -0.111. The van der Waals surface area contributed by atoms with Crippen LogP contribution in [0.15, 0.2) is 39.4 Å². The summed E-state index contributed by atoms with van der Waals surface area (Å²) in [6.45, 7) is 0. The highest BCUT2D eigenvalue weighted by atomic mass is 79.9. The van der Waals surface area contributed by atoms with Crippen LogP contribution in [0, 0.1) is 0 Å². The van der Waals surface area contributed by atoms with Gasteiger partial charge in [0, 0.05) is 5.56 Å². The number of benzene rings is 1. The molecule has 1 aliphatic carbocycles. The lowest BCUT2D eigenvalue weighted by Crippen LogP contribution is -2.22. The van der Waals surface area contributed by atoms with Crippen LogP contribution in [-0.2, 0) is 4.79 Å². The van der Waals surface area contributed by atoms with Gasteiger partial charge in [-0.3, -0.25) is 14.4 Å². The third-order valence-corrected chi connectivity index (χ3v) is 5.50. The maximum Gasteiger partial charge on any atom is 0.335 e. The monoisotopic (exact) mass is 452 g/mol. The molecule has 1 aliphatic rings. The van der Waals surface area contributed by atoms with E-state index >= 15 is 0 Å². The number of allylic oxidation sites excluding steroid dienone is 1. The molecule has 6 nitrogen and oxygen atoms in total. The van der Waals surface area contributed by atoms with Gasteiger partial charge >= 0.3 is 5.97 Å². The van der Waals surface area contributed by atoms with Crippen molar-refractivity contribution in [3.8, 4) is 0 Å². The van der Waals surface area contributed by atoms with Gasteiger partial charge in [-0.15, -0.1) is 0 Å². The Morgan fingerprint density at radius 1 is 0.917 bits per heavy atom. The first-order valence-electron chi connectivity index (χ1n) is 6.47. The molecule has 0 aliphatic heterocycles. The number of halogens is 2. The van der Waals surface area contributed by atoms with Gasteiger partial charge in [-0.05, 0) is 44.0 Å². The minimum atomic E-state index is -1.12. The molecule has 3 rings (SSSR count). The molecule has 0 bridgehead atoms. The van der Waals surface area contributed by atoms with Gasteiger partial charge in [0.05, 0.1) is 25.7 Å². The van der Waals surface area contributed by atoms with Crippen molar-refractivity contribution in [3.63, 3.8) is 0 Å². The summed E-state index contributed by atoms with van der Waals surface area (Å²) >= 11 is 6.16. The molecule has 0 spiro atoms. The number of carboxylic acid groups (broad SMARTS) is 1. The normalized spacial score (nSPS) is 13.9. The zero-order valence-corrected chi connectivity index (χ0v) is 14.8. The summed E-state index contributed by atoms with van der Waals surface area (Å²) in [4.78, 5) is 47.6. The molecule has 1 N–H and O–H groups in total. The third kappa shape index (κ3) is 2.47. The zero-order valence-electron chi connectivity index (χ0n) is 11.6. The van der Waals surface area contributed by atoms with Crippen molar-refractivity contribution in [2.24, 2.45) is 0 Å². The van der Waals surface area contributed by atoms with E-state index in [4.69, 9.17) is 9.52 Å². The summed E-state index contributed by atoms with van der Waals surface area (Å²) in [6, 6.07) is 5.23. The molecular formula is C16H6Br2O6. The summed E-state index contributed by atoms with van der Waals surface area (Å²) in [5.74, 6) is -3.20. The van der Waals surface area contributed by atoms with E-state index in [1.807, 2.05) is 0 Å². The van der Waals surface area contributed by atoms with Gasteiger partial charge in [-0.1, -0.05) is 12.1 Å². The van der Waals surface area contributed by atoms with Gasteiger partial charge in [-0.25, -0.2) is 4.79 Å². The fraction of sp³-hybridized carbons (Fsp3) is 0. The fourth-order valence-corrected chi connectivity index (χ4v) is 3.08. The standard InChI is InChI=1S/C16H6Br2O6/c17-10-11(18)15-9(13(20)14(10)21)8(5-24-15)12(19)6-1-3-7(4-2-6)16(22)23/h1-5H,(H,22,23). The summed E-state index contributed by atoms with van der Waals surface area (Å²) in [5, 5.41) is 8.88. The number of hydrogen-bond acceptors (Lipinski definition) is 5. The van der Waals surface area contributed by atoms with E-state index < -0.39 is 23.3 Å². The van der Waals surface area contributed by atoms with Crippen LogP contribution in [-0.4, -0.2) is 28.4 Å². The third-order valence-electron chi connectivity index (χ3n) is 3.45. The van der Waals surface area contributed by atoms with E-state index in [2.05, 4.69) is 31.9 Å². The second kappa shape index (κ2) is 5.95. The molecule has 1 heterocycles. The van der Waals surface area contributed by atoms with E-state index in [9.17, 15) is 19.2 Å². The molecule has 0 radical (unpaired) electrons. The molecule has 0 fully saturated rings. The number of carbonyl (C=O) groups excluding carboxylic acids is 3. The molecule has 0 unspecified atom stereocenters. The Labute approximate surface area is 151 Å². The minimum Gasteiger partial charge on any atom is -0.478 e. The Morgan fingerprint density at radius 3 is 2.08 bits per heavy atom. The maximum atomic E-state index is 12.6. The topological polar surface area (TPSA) is 102 Å². The maximum absolute atomic E-state index is 12.6. The number of aromatic carboxylic acids is 1. The number of hydrogen-bond donors (Lipinski definition) is 1. The predicted octanol–water partition coefficient (Wildman–Crippen LogP) is 3.43. The van der Waals surface area contributed by atoms with Gasteiger partial charge in [-0.2, -0.15) is 0 Å². The van der Waals surface area contributed by atoms with E-state index in [1.165, 1.54) is 24.3 Å². The Bertz CT molecular complexity index is 949. The predicted molar refractivity (Wildman–Crippen MR) is 89.7 cm³/mol. The number of carboxylic acids is 1. The van der Waals surface area contributed by atoms with Crippen molar-refractivity contribution in [2.75, 3.05) is 0 Å². The molecule has 8 heteroatoms. The summed E-state index contributed by atoms with van der Waals surface area (Å²) < 4.78 is 5.55. The second-order valence-corrected chi connectivity index (χ2v) is 6.44. The second-order valence-electron chi connectivity index (χ2n) is 4.85. The smallest absolute Gasteiger partial charge is 0.335 e. The SMILES string of the molecule is O=C1C(=O)c2c(C(=O)c3ccc(C(=O)O)cc3)coc2C(Br)=C1Br. The van der Waals surface area contributed by atoms with Crippen molar-refractivity contribution >= 4 is 59.7 Å². The molecule has 0 saturated heterocycles. The van der Waals surface area contributed by atoms with Crippen molar-refractivity contribution < 1.29 is 28.7 Å². The van der Waals surface area contributed by atoms with Gasteiger partial charge in [0.1, 0.15) is 6.26 Å². The van der Waals surface area contributed by atoms with Crippen LogP contribution in [0.5, 0.6) is 0 Å². The average molecular weight is 454 g/mol. The number of furan rings is 1. The molecule has 24 heavy (non-hydrogen) atoms. The first-order valence-corrected chi connectivity index (χ1v) is 8.05. The summed E-state index contributed by atoms with van der Waals surface area (Å²) in [5.41, 5.74) is 0.0426. The summed E-state index contributed by atoms with van der Waals surface area (Å²) in [6.07, 6.45) is 1.11. The van der Waals surface area contributed by atoms with Crippen LogP contribution >= 0.6 is 31.9 Å². The van der Waals surface area contributed by atoms with Crippen molar-refractivity contribution in [3.05, 3.63) is 63.0 Å². The van der Waals surface area contributed by atoms with Gasteiger partial charge in [0.15, 0.2) is 11.5 Å². The number of ketones is 3. The number of carbonyl (C=O) groups is 4. The van der Waals surface area contributed by atoms with Crippen LogP contribution < -0.4 is 0 Å². The lowest BCUT2D eigenvalue weighted by Gasteiger charge is -2.10. The molecule has 1 aromatic carbocycles. The van der Waals surface area contributed by atoms with Crippen molar-refractivity contribution in [2.45, 2.75) is 0 Å². The Kier molecular flexibility index (Phi) is 4.10. The van der Waals surface area contributed by atoms with Crippen molar-refractivity contribution in [1.29, 1.82) is 0 Å². The Balaban J connectivity index is 2.08. The number of fused-ring (bicyclic) bond motifs is 1. The average Bonchev–Trinajstić information content (AvgIpc) is 3.02. The molecule has 0 atom stereocenters. The number of rotatable bonds is 3.